The van der Waals surface area contributed by atoms with E-state index in [0.29, 0.717) is 12.4 Å². The van der Waals surface area contributed by atoms with Crippen LogP contribution in [0.1, 0.15) is 33.1 Å². The number of hydrogen-bond acceptors (Lipinski definition) is 4. The van der Waals surface area contributed by atoms with Gasteiger partial charge in [0, 0.05) is 6.07 Å². The second-order valence-corrected chi connectivity index (χ2v) is 5.06. The van der Waals surface area contributed by atoms with Crippen LogP contribution in [-0.4, -0.2) is 11.5 Å². The van der Waals surface area contributed by atoms with Gasteiger partial charge in [0.25, 0.3) is 5.69 Å². The number of unbranched alkanes of at least 4 members (excludes halogenated alkanes) is 1. The van der Waals surface area contributed by atoms with Gasteiger partial charge in [0.2, 0.25) is 0 Å². The summed E-state index contributed by atoms with van der Waals surface area (Å²) in [5.41, 5.74) is -0.269. The lowest BCUT2D eigenvalue weighted by Crippen LogP contribution is -2.08. The van der Waals surface area contributed by atoms with Crippen LogP contribution in [0.25, 0.3) is 0 Å². The van der Waals surface area contributed by atoms with Crippen molar-refractivity contribution >= 4 is 5.69 Å². The molecule has 0 saturated carbocycles. The number of hydrogen-bond donors (Lipinski definition) is 0. The number of nitro groups is 1. The van der Waals surface area contributed by atoms with Crippen molar-refractivity contribution in [1.29, 1.82) is 5.26 Å². The van der Waals surface area contributed by atoms with Crippen LogP contribution < -0.4 is 4.74 Å². The fourth-order valence-corrected chi connectivity index (χ4v) is 1.60. The Hall–Kier alpha value is -2.09. The van der Waals surface area contributed by atoms with Crippen molar-refractivity contribution < 1.29 is 9.66 Å². The third-order valence-corrected chi connectivity index (χ3v) is 2.80. The quantitative estimate of drug-likeness (QED) is 0.426. The first kappa shape index (κ1) is 15.0. The monoisotopic (exact) mass is 262 g/mol. The molecule has 0 heterocycles. The predicted octanol–water partition coefficient (Wildman–Crippen LogP) is 3.69. The van der Waals surface area contributed by atoms with E-state index in [-0.39, 0.29) is 11.1 Å². The van der Waals surface area contributed by atoms with Crippen LogP contribution in [0.3, 0.4) is 0 Å². The number of nitro benzene ring substituents is 1. The van der Waals surface area contributed by atoms with Crippen LogP contribution in [-0.2, 0) is 0 Å². The highest BCUT2D eigenvalue weighted by Gasteiger charge is 2.15. The minimum atomic E-state index is -0.442. The first-order chi connectivity index (χ1) is 8.94. The molecule has 0 amide bonds. The molecule has 0 fully saturated rings. The summed E-state index contributed by atoms with van der Waals surface area (Å²) in [5.74, 6) is 0.508. The van der Waals surface area contributed by atoms with E-state index in [9.17, 15) is 10.1 Å². The van der Waals surface area contributed by atoms with Gasteiger partial charge in [-0.1, -0.05) is 6.07 Å². The molecule has 5 nitrogen and oxygen atoms in total. The van der Waals surface area contributed by atoms with Crippen molar-refractivity contribution in [2.24, 2.45) is 5.41 Å². The summed E-state index contributed by atoms with van der Waals surface area (Å²) in [6.45, 7) is 4.32. The molecule has 0 aliphatic rings. The summed E-state index contributed by atoms with van der Waals surface area (Å²) < 4.78 is 5.46. The average molecular weight is 262 g/mol. The molecule has 5 heteroatoms. The normalized spacial score (nSPS) is 10.8. The van der Waals surface area contributed by atoms with Gasteiger partial charge in [-0.05, 0) is 39.2 Å². The third kappa shape index (κ3) is 5.38. The number of rotatable bonds is 7. The summed E-state index contributed by atoms with van der Waals surface area (Å²) in [7, 11) is 0. The smallest absolute Gasteiger partial charge is 0.273 e. The van der Waals surface area contributed by atoms with Gasteiger partial charge in [-0.15, -0.1) is 0 Å². The molecule has 0 radical (unpaired) electrons. The molecule has 0 bridgehead atoms. The maximum Gasteiger partial charge on any atom is 0.273 e. The minimum absolute atomic E-state index is 0.0307. The molecule has 19 heavy (non-hydrogen) atoms. The van der Waals surface area contributed by atoms with E-state index < -0.39 is 4.92 Å². The first-order valence-electron chi connectivity index (χ1n) is 6.23. The van der Waals surface area contributed by atoms with Gasteiger partial charge in [0.15, 0.2) is 0 Å². The van der Waals surface area contributed by atoms with Crippen molar-refractivity contribution in [3.8, 4) is 11.8 Å². The van der Waals surface area contributed by atoms with Crippen LogP contribution in [0, 0.1) is 26.9 Å². The molecular weight excluding hydrogens is 244 g/mol. The maximum absolute atomic E-state index is 10.6. The zero-order valence-electron chi connectivity index (χ0n) is 11.3. The Bertz CT molecular complexity index is 478. The molecule has 0 aromatic heterocycles. The van der Waals surface area contributed by atoms with Crippen LogP contribution in [0.2, 0.25) is 0 Å². The second-order valence-electron chi connectivity index (χ2n) is 5.06. The molecule has 0 atom stereocenters. The maximum atomic E-state index is 10.6. The Morgan fingerprint density at radius 2 is 2.16 bits per heavy atom. The van der Waals surface area contributed by atoms with Gasteiger partial charge in [0.1, 0.15) is 5.75 Å². The predicted molar refractivity (Wildman–Crippen MR) is 71.8 cm³/mol. The number of benzene rings is 1. The first-order valence-corrected chi connectivity index (χ1v) is 6.23. The Morgan fingerprint density at radius 3 is 2.79 bits per heavy atom. The van der Waals surface area contributed by atoms with Crippen LogP contribution in [0.5, 0.6) is 5.75 Å². The fraction of sp³-hybridized carbons (Fsp3) is 0.500. The minimum Gasteiger partial charge on any atom is -0.493 e. The Labute approximate surface area is 113 Å². The lowest BCUT2D eigenvalue weighted by Gasteiger charge is -2.14. The second kappa shape index (κ2) is 6.74. The van der Waals surface area contributed by atoms with E-state index in [1.165, 1.54) is 12.1 Å². The molecular formula is C14H18N2O3. The average Bonchev–Trinajstić information content (AvgIpc) is 2.38. The standard InChI is InChI=1S/C14H18N2O3/c1-14(2,11-15)8-3-4-9-19-13-7-5-6-12(10-13)16(17)18/h5-7,10H,3-4,8-9H2,1-2H3. The molecule has 102 valence electrons. The zero-order chi connectivity index (χ0) is 14.3. The van der Waals surface area contributed by atoms with E-state index >= 15 is 0 Å². The van der Waals surface area contributed by atoms with Gasteiger partial charge >= 0.3 is 0 Å². The summed E-state index contributed by atoms with van der Waals surface area (Å²) in [6.07, 6.45) is 2.55. The van der Waals surface area contributed by atoms with E-state index in [2.05, 4.69) is 6.07 Å². The van der Waals surface area contributed by atoms with Crippen LogP contribution in [0.4, 0.5) is 5.69 Å². The Kier molecular flexibility index (Phi) is 5.31. The zero-order valence-corrected chi connectivity index (χ0v) is 11.3. The van der Waals surface area contributed by atoms with Crippen molar-refractivity contribution in [1.82, 2.24) is 0 Å². The Balaban J connectivity index is 2.32. The summed E-state index contributed by atoms with van der Waals surface area (Å²) in [6, 6.07) is 8.41. The van der Waals surface area contributed by atoms with Crippen LogP contribution >= 0.6 is 0 Å². The summed E-state index contributed by atoms with van der Waals surface area (Å²) in [5, 5.41) is 19.5. The Morgan fingerprint density at radius 1 is 1.42 bits per heavy atom. The molecule has 1 rings (SSSR count). The van der Waals surface area contributed by atoms with Crippen LogP contribution in [0.15, 0.2) is 24.3 Å². The number of nitriles is 1. The molecule has 0 aliphatic heterocycles. The van der Waals surface area contributed by atoms with E-state index in [4.69, 9.17) is 10.00 Å². The van der Waals surface area contributed by atoms with E-state index in [0.717, 1.165) is 19.3 Å². The van der Waals surface area contributed by atoms with Gasteiger partial charge in [-0.25, -0.2) is 0 Å². The van der Waals surface area contributed by atoms with Crippen molar-refractivity contribution in [2.75, 3.05) is 6.61 Å². The van der Waals surface area contributed by atoms with Gasteiger partial charge in [-0.3, -0.25) is 10.1 Å². The fourth-order valence-electron chi connectivity index (χ4n) is 1.60. The number of nitrogens with zero attached hydrogens (tertiary/aromatic N) is 2. The highest BCUT2D eigenvalue weighted by atomic mass is 16.6. The largest absolute Gasteiger partial charge is 0.493 e. The highest BCUT2D eigenvalue weighted by molar-refractivity contribution is 5.37. The molecule has 0 saturated heterocycles. The summed E-state index contributed by atoms with van der Waals surface area (Å²) >= 11 is 0. The third-order valence-electron chi connectivity index (χ3n) is 2.80. The molecule has 1 aromatic rings. The van der Waals surface area contributed by atoms with Crippen molar-refractivity contribution in [3.05, 3.63) is 34.4 Å². The lowest BCUT2D eigenvalue weighted by molar-refractivity contribution is -0.384. The SMILES string of the molecule is CC(C)(C#N)CCCCOc1cccc([N+](=O)[O-])c1. The number of ether oxygens (including phenoxy) is 1. The molecule has 0 unspecified atom stereocenters. The van der Waals surface area contributed by atoms with Crippen molar-refractivity contribution in [3.63, 3.8) is 0 Å². The topological polar surface area (TPSA) is 76.2 Å². The molecule has 0 N–H and O–H groups in total. The van der Waals surface area contributed by atoms with Gasteiger partial charge < -0.3 is 4.74 Å². The van der Waals surface area contributed by atoms with Gasteiger partial charge in [0.05, 0.1) is 29.1 Å². The van der Waals surface area contributed by atoms with Crippen molar-refractivity contribution in [2.45, 2.75) is 33.1 Å². The van der Waals surface area contributed by atoms with Gasteiger partial charge in [-0.2, -0.15) is 5.26 Å². The lowest BCUT2D eigenvalue weighted by atomic mass is 9.89. The number of non-ortho nitro benzene ring substituents is 1. The van der Waals surface area contributed by atoms with E-state index in [1.807, 2.05) is 13.8 Å². The molecule has 0 spiro atoms. The highest BCUT2D eigenvalue weighted by Crippen LogP contribution is 2.22. The summed E-state index contributed by atoms with van der Waals surface area (Å²) in [4.78, 5) is 10.2. The molecule has 1 aromatic carbocycles. The molecule has 0 aliphatic carbocycles. The van der Waals surface area contributed by atoms with E-state index in [1.54, 1.807) is 12.1 Å².